The highest BCUT2D eigenvalue weighted by atomic mass is 79.9. The molecule has 0 aliphatic heterocycles. The van der Waals surface area contributed by atoms with E-state index in [4.69, 9.17) is 0 Å². The van der Waals surface area contributed by atoms with E-state index < -0.39 is 17.8 Å². The number of nitrogens with one attached hydrogen (secondary N) is 1. The van der Waals surface area contributed by atoms with Gasteiger partial charge in [-0.3, -0.25) is 9.59 Å². The SMILES string of the molecule is O=C(O)C1CCCCC1C(=O)NCc1cc(F)ccc1Br. The summed E-state index contributed by atoms with van der Waals surface area (Å²) in [6, 6.07) is 4.26. The summed E-state index contributed by atoms with van der Waals surface area (Å²) in [5.74, 6) is -2.66. The molecule has 4 nitrogen and oxygen atoms in total. The van der Waals surface area contributed by atoms with Crippen LogP contribution in [-0.4, -0.2) is 17.0 Å². The van der Waals surface area contributed by atoms with Crippen LogP contribution in [0.25, 0.3) is 0 Å². The molecule has 1 fully saturated rings. The molecule has 1 saturated carbocycles. The number of hydrogen-bond acceptors (Lipinski definition) is 2. The Morgan fingerprint density at radius 3 is 2.62 bits per heavy atom. The predicted molar refractivity (Wildman–Crippen MR) is 79.0 cm³/mol. The average molecular weight is 358 g/mol. The lowest BCUT2D eigenvalue weighted by atomic mass is 9.78. The zero-order valence-electron chi connectivity index (χ0n) is 11.4. The number of carboxylic acids is 1. The first-order valence-corrected chi connectivity index (χ1v) is 7.73. The van der Waals surface area contributed by atoms with Crippen LogP contribution in [0.2, 0.25) is 0 Å². The van der Waals surface area contributed by atoms with Gasteiger partial charge in [-0.25, -0.2) is 4.39 Å². The van der Waals surface area contributed by atoms with Crippen LogP contribution in [-0.2, 0) is 16.1 Å². The summed E-state index contributed by atoms with van der Waals surface area (Å²) >= 11 is 3.30. The molecule has 6 heteroatoms. The second-order valence-corrected chi connectivity index (χ2v) is 6.14. The van der Waals surface area contributed by atoms with E-state index in [0.29, 0.717) is 22.9 Å². The first-order valence-electron chi connectivity index (χ1n) is 6.93. The highest BCUT2D eigenvalue weighted by Gasteiger charge is 2.35. The normalized spacial score (nSPS) is 21.8. The second-order valence-electron chi connectivity index (χ2n) is 5.29. The summed E-state index contributed by atoms with van der Waals surface area (Å²) in [6.45, 7) is 0.181. The van der Waals surface area contributed by atoms with E-state index in [0.717, 1.165) is 12.8 Å². The largest absolute Gasteiger partial charge is 0.481 e. The van der Waals surface area contributed by atoms with Crippen molar-refractivity contribution in [2.45, 2.75) is 32.2 Å². The highest BCUT2D eigenvalue weighted by Crippen LogP contribution is 2.30. The van der Waals surface area contributed by atoms with Crippen molar-refractivity contribution in [2.24, 2.45) is 11.8 Å². The minimum absolute atomic E-state index is 0.181. The third-order valence-electron chi connectivity index (χ3n) is 3.88. The van der Waals surface area contributed by atoms with Gasteiger partial charge in [0.1, 0.15) is 5.82 Å². The van der Waals surface area contributed by atoms with Gasteiger partial charge in [0.05, 0.1) is 11.8 Å². The van der Waals surface area contributed by atoms with Crippen molar-refractivity contribution in [2.75, 3.05) is 0 Å². The molecule has 2 rings (SSSR count). The molecule has 2 N–H and O–H groups in total. The fourth-order valence-corrected chi connectivity index (χ4v) is 3.12. The van der Waals surface area contributed by atoms with Crippen molar-refractivity contribution in [3.8, 4) is 0 Å². The Balaban J connectivity index is 2.00. The summed E-state index contributed by atoms with van der Waals surface area (Å²) < 4.78 is 13.9. The van der Waals surface area contributed by atoms with Gasteiger partial charge in [-0.05, 0) is 36.6 Å². The molecule has 1 aliphatic rings. The Kier molecular flexibility index (Phi) is 5.33. The molecule has 0 radical (unpaired) electrons. The van der Waals surface area contributed by atoms with E-state index >= 15 is 0 Å². The minimum Gasteiger partial charge on any atom is -0.481 e. The predicted octanol–water partition coefficient (Wildman–Crippen LogP) is 3.10. The first kappa shape index (κ1) is 15.9. The van der Waals surface area contributed by atoms with Gasteiger partial charge < -0.3 is 10.4 Å². The molecule has 0 bridgehead atoms. The Bertz CT molecular complexity index is 550. The van der Waals surface area contributed by atoms with Crippen molar-refractivity contribution >= 4 is 27.8 Å². The topological polar surface area (TPSA) is 66.4 Å². The number of rotatable bonds is 4. The van der Waals surface area contributed by atoms with Crippen LogP contribution in [0, 0.1) is 17.7 Å². The maximum absolute atomic E-state index is 13.2. The Hall–Kier alpha value is -1.43. The Morgan fingerprint density at radius 2 is 1.95 bits per heavy atom. The summed E-state index contributed by atoms with van der Waals surface area (Å²) in [4.78, 5) is 23.4. The van der Waals surface area contributed by atoms with Gasteiger partial charge in [-0.1, -0.05) is 28.8 Å². The van der Waals surface area contributed by atoms with Gasteiger partial charge >= 0.3 is 5.97 Å². The van der Waals surface area contributed by atoms with Crippen LogP contribution in [0.1, 0.15) is 31.2 Å². The zero-order chi connectivity index (χ0) is 15.4. The molecule has 0 saturated heterocycles. The molecule has 0 heterocycles. The lowest BCUT2D eigenvalue weighted by molar-refractivity contribution is -0.148. The number of aliphatic carboxylic acids is 1. The van der Waals surface area contributed by atoms with E-state index in [-0.39, 0.29) is 18.3 Å². The van der Waals surface area contributed by atoms with E-state index in [1.54, 1.807) is 6.07 Å². The quantitative estimate of drug-likeness (QED) is 0.869. The van der Waals surface area contributed by atoms with Gasteiger partial charge in [0.2, 0.25) is 5.91 Å². The average Bonchev–Trinajstić information content (AvgIpc) is 2.47. The second kappa shape index (κ2) is 7.02. The zero-order valence-corrected chi connectivity index (χ0v) is 13.0. The Morgan fingerprint density at radius 1 is 1.29 bits per heavy atom. The molecule has 1 amide bonds. The van der Waals surface area contributed by atoms with Gasteiger partial charge in [0.15, 0.2) is 0 Å². The van der Waals surface area contributed by atoms with Gasteiger partial charge in [-0.2, -0.15) is 0 Å². The van der Waals surface area contributed by atoms with Crippen molar-refractivity contribution in [1.29, 1.82) is 0 Å². The number of amides is 1. The van der Waals surface area contributed by atoms with Crippen molar-refractivity contribution in [3.05, 3.63) is 34.1 Å². The third kappa shape index (κ3) is 4.03. The molecule has 0 spiro atoms. The number of carbonyl (C=O) groups excluding carboxylic acids is 1. The van der Waals surface area contributed by atoms with Crippen LogP contribution in [0.4, 0.5) is 4.39 Å². The van der Waals surface area contributed by atoms with E-state index in [9.17, 15) is 19.1 Å². The highest BCUT2D eigenvalue weighted by molar-refractivity contribution is 9.10. The summed E-state index contributed by atoms with van der Waals surface area (Å²) in [7, 11) is 0. The molecule has 2 unspecified atom stereocenters. The lowest BCUT2D eigenvalue weighted by Crippen LogP contribution is -2.39. The molecule has 114 valence electrons. The first-order chi connectivity index (χ1) is 9.99. The molecule has 1 aromatic rings. The van der Waals surface area contributed by atoms with Crippen molar-refractivity contribution in [1.82, 2.24) is 5.32 Å². The van der Waals surface area contributed by atoms with Gasteiger partial charge in [0.25, 0.3) is 0 Å². The Labute approximate surface area is 130 Å². The monoisotopic (exact) mass is 357 g/mol. The molecular weight excluding hydrogens is 341 g/mol. The van der Waals surface area contributed by atoms with E-state index in [2.05, 4.69) is 21.2 Å². The smallest absolute Gasteiger partial charge is 0.307 e. The van der Waals surface area contributed by atoms with E-state index in [1.165, 1.54) is 12.1 Å². The fraction of sp³-hybridized carbons (Fsp3) is 0.467. The van der Waals surface area contributed by atoms with Crippen LogP contribution in [0.5, 0.6) is 0 Å². The van der Waals surface area contributed by atoms with Crippen LogP contribution < -0.4 is 5.32 Å². The summed E-state index contributed by atoms with van der Waals surface area (Å²) in [5.41, 5.74) is 0.631. The van der Waals surface area contributed by atoms with Crippen molar-refractivity contribution in [3.63, 3.8) is 0 Å². The molecule has 21 heavy (non-hydrogen) atoms. The number of halogens is 2. The molecule has 0 aromatic heterocycles. The lowest BCUT2D eigenvalue weighted by Gasteiger charge is -2.27. The molecule has 1 aliphatic carbocycles. The number of hydrogen-bond donors (Lipinski definition) is 2. The van der Waals surface area contributed by atoms with Gasteiger partial charge in [0, 0.05) is 11.0 Å². The minimum atomic E-state index is -0.915. The van der Waals surface area contributed by atoms with Crippen LogP contribution >= 0.6 is 15.9 Å². The third-order valence-corrected chi connectivity index (χ3v) is 4.65. The number of carbonyl (C=O) groups is 2. The van der Waals surface area contributed by atoms with E-state index in [1.807, 2.05) is 0 Å². The molecular formula is C15H17BrFNO3. The maximum atomic E-state index is 13.2. The van der Waals surface area contributed by atoms with Crippen LogP contribution in [0.15, 0.2) is 22.7 Å². The summed E-state index contributed by atoms with van der Waals surface area (Å²) in [5, 5.41) is 11.9. The maximum Gasteiger partial charge on any atom is 0.307 e. The molecule has 2 atom stereocenters. The number of carboxylic acid groups (broad SMARTS) is 1. The van der Waals surface area contributed by atoms with Gasteiger partial charge in [-0.15, -0.1) is 0 Å². The van der Waals surface area contributed by atoms with Crippen molar-refractivity contribution < 1.29 is 19.1 Å². The van der Waals surface area contributed by atoms with Crippen LogP contribution in [0.3, 0.4) is 0 Å². The number of benzene rings is 1. The standard InChI is InChI=1S/C15H17BrFNO3/c16-13-6-5-10(17)7-9(13)8-18-14(19)11-3-1-2-4-12(11)15(20)21/h5-7,11-12H,1-4,8H2,(H,18,19)(H,20,21). The summed E-state index contributed by atoms with van der Waals surface area (Å²) in [6.07, 6.45) is 2.84. The molecule has 1 aromatic carbocycles. The fourth-order valence-electron chi connectivity index (χ4n) is 2.73.